The van der Waals surface area contributed by atoms with Crippen molar-refractivity contribution < 1.29 is 14.6 Å². The first-order valence-electron chi connectivity index (χ1n) is 5.15. The van der Waals surface area contributed by atoms with Crippen LogP contribution in [0.5, 0.6) is 5.75 Å². The van der Waals surface area contributed by atoms with Gasteiger partial charge in [0.15, 0.2) is 0 Å². The Hall–Kier alpha value is -1.06. The zero-order valence-electron chi connectivity index (χ0n) is 9.27. The number of aliphatic hydroxyl groups is 1. The number of rotatable bonds is 6. The predicted molar refractivity (Wildman–Crippen MR) is 59.2 cm³/mol. The van der Waals surface area contributed by atoms with Crippen LogP contribution in [0.25, 0.3) is 0 Å². The number of methoxy groups -OCH3 is 1. The summed E-state index contributed by atoms with van der Waals surface area (Å²) in [6.45, 7) is 2.65. The molecule has 15 heavy (non-hydrogen) atoms. The quantitative estimate of drug-likeness (QED) is 0.775. The second-order valence-corrected chi connectivity index (χ2v) is 3.38. The Morgan fingerprint density at radius 3 is 2.67 bits per heavy atom. The maximum absolute atomic E-state index is 9.42. The SMILES string of the molecule is CCc1ccccc1OC[C@H](O)COC. The molecule has 1 atom stereocenters. The van der Waals surface area contributed by atoms with Gasteiger partial charge in [0.25, 0.3) is 0 Å². The van der Waals surface area contributed by atoms with Crippen molar-refractivity contribution >= 4 is 0 Å². The number of benzene rings is 1. The Labute approximate surface area is 90.6 Å². The molecule has 0 aliphatic rings. The molecule has 84 valence electrons. The standard InChI is InChI=1S/C12H18O3/c1-3-10-6-4-5-7-12(10)15-9-11(13)8-14-2/h4-7,11,13H,3,8-9H2,1-2H3/t11-/m1/s1. The number of hydrogen-bond acceptors (Lipinski definition) is 3. The first-order valence-corrected chi connectivity index (χ1v) is 5.15. The lowest BCUT2D eigenvalue weighted by Gasteiger charge is -2.13. The third kappa shape index (κ3) is 3.90. The van der Waals surface area contributed by atoms with Gasteiger partial charge in [0.2, 0.25) is 0 Å². The van der Waals surface area contributed by atoms with Crippen LogP contribution in [0.3, 0.4) is 0 Å². The zero-order chi connectivity index (χ0) is 11.1. The van der Waals surface area contributed by atoms with Gasteiger partial charge in [-0.1, -0.05) is 25.1 Å². The Balaban J connectivity index is 2.49. The Morgan fingerprint density at radius 1 is 1.27 bits per heavy atom. The van der Waals surface area contributed by atoms with Gasteiger partial charge in [0, 0.05) is 7.11 Å². The summed E-state index contributed by atoms with van der Waals surface area (Å²) in [6, 6.07) is 7.85. The van der Waals surface area contributed by atoms with Crippen molar-refractivity contribution in [1.82, 2.24) is 0 Å². The van der Waals surface area contributed by atoms with E-state index in [4.69, 9.17) is 9.47 Å². The second kappa shape index (κ2) is 6.43. The number of para-hydroxylation sites is 1. The second-order valence-electron chi connectivity index (χ2n) is 3.38. The number of aliphatic hydroxyl groups excluding tert-OH is 1. The van der Waals surface area contributed by atoms with E-state index in [1.54, 1.807) is 7.11 Å². The molecule has 3 heteroatoms. The molecule has 0 saturated carbocycles. The molecule has 1 rings (SSSR count). The average Bonchev–Trinajstić information content (AvgIpc) is 2.27. The molecule has 0 fully saturated rings. The van der Waals surface area contributed by atoms with E-state index in [0.717, 1.165) is 17.7 Å². The maximum atomic E-state index is 9.42. The molecule has 0 aliphatic heterocycles. The smallest absolute Gasteiger partial charge is 0.122 e. The number of aryl methyl sites for hydroxylation is 1. The molecule has 3 nitrogen and oxygen atoms in total. The lowest BCUT2D eigenvalue weighted by molar-refractivity contribution is 0.0323. The Kier molecular flexibility index (Phi) is 5.15. The third-order valence-corrected chi connectivity index (χ3v) is 2.14. The summed E-state index contributed by atoms with van der Waals surface area (Å²) in [5.74, 6) is 0.843. The summed E-state index contributed by atoms with van der Waals surface area (Å²) in [7, 11) is 1.56. The van der Waals surface area contributed by atoms with Crippen LogP contribution in [-0.2, 0) is 11.2 Å². The van der Waals surface area contributed by atoms with Gasteiger partial charge in [-0.25, -0.2) is 0 Å². The van der Waals surface area contributed by atoms with Crippen LogP contribution in [0.1, 0.15) is 12.5 Å². The van der Waals surface area contributed by atoms with Crippen molar-refractivity contribution in [2.45, 2.75) is 19.4 Å². The largest absolute Gasteiger partial charge is 0.491 e. The molecule has 0 aliphatic carbocycles. The van der Waals surface area contributed by atoms with Crippen LogP contribution < -0.4 is 4.74 Å². The summed E-state index contributed by atoms with van der Waals surface area (Å²) in [5.41, 5.74) is 1.15. The lowest BCUT2D eigenvalue weighted by atomic mass is 10.1. The van der Waals surface area contributed by atoms with Gasteiger partial charge in [0.05, 0.1) is 6.61 Å². The van der Waals surface area contributed by atoms with E-state index in [1.165, 1.54) is 0 Å². The van der Waals surface area contributed by atoms with Crippen molar-refractivity contribution in [1.29, 1.82) is 0 Å². The van der Waals surface area contributed by atoms with Gasteiger partial charge in [-0.05, 0) is 18.1 Å². The fourth-order valence-corrected chi connectivity index (χ4v) is 1.36. The van der Waals surface area contributed by atoms with Gasteiger partial charge >= 0.3 is 0 Å². The molecule has 0 heterocycles. The van der Waals surface area contributed by atoms with Crippen molar-refractivity contribution in [3.8, 4) is 5.75 Å². The minimum absolute atomic E-state index is 0.269. The van der Waals surface area contributed by atoms with Gasteiger partial charge in [-0.15, -0.1) is 0 Å². The summed E-state index contributed by atoms with van der Waals surface area (Å²) in [4.78, 5) is 0. The van der Waals surface area contributed by atoms with Crippen LogP contribution in [0, 0.1) is 0 Å². The molecular weight excluding hydrogens is 192 g/mol. The van der Waals surface area contributed by atoms with Gasteiger partial charge < -0.3 is 14.6 Å². The van der Waals surface area contributed by atoms with E-state index in [0.29, 0.717) is 6.61 Å². The zero-order valence-corrected chi connectivity index (χ0v) is 9.27. The highest BCUT2D eigenvalue weighted by Gasteiger charge is 2.06. The normalized spacial score (nSPS) is 12.5. The molecule has 0 unspecified atom stereocenters. The van der Waals surface area contributed by atoms with E-state index in [-0.39, 0.29) is 6.61 Å². The molecule has 1 aromatic rings. The fraction of sp³-hybridized carbons (Fsp3) is 0.500. The van der Waals surface area contributed by atoms with E-state index < -0.39 is 6.10 Å². The Morgan fingerprint density at radius 2 is 2.00 bits per heavy atom. The summed E-state index contributed by atoms with van der Waals surface area (Å²) in [6.07, 6.45) is 0.358. The van der Waals surface area contributed by atoms with E-state index in [2.05, 4.69) is 6.92 Å². The van der Waals surface area contributed by atoms with Crippen LogP contribution >= 0.6 is 0 Å². The molecule has 1 aromatic carbocycles. The van der Waals surface area contributed by atoms with Crippen LogP contribution in [-0.4, -0.2) is 31.5 Å². The topological polar surface area (TPSA) is 38.7 Å². The van der Waals surface area contributed by atoms with Crippen LogP contribution in [0.4, 0.5) is 0 Å². The summed E-state index contributed by atoms with van der Waals surface area (Å²) < 4.78 is 10.3. The molecule has 1 N–H and O–H groups in total. The minimum atomic E-state index is -0.570. The minimum Gasteiger partial charge on any atom is -0.491 e. The maximum Gasteiger partial charge on any atom is 0.122 e. The number of ether oxygens (including phenoxy) is 2. The highest BCUT2D eigenvalue weighted by Crippen LogP contribution is 2.18. The Bertz CT molecular complexity index is 286. The monoisotopic (exact) mass is 210 g/mol. The molecule has 0 spiro atoms. The van der Waals surface area contributed by atoms with Crippen LogP contribution in [0.15, 0.2) is 24.3 Å². The van der Waals surface area contributed by atoms with Crippen molar-refractivity contribution in [3.05, 3.63) is 29.8 Å². The first kappa shape index (κ1) is 12.0. The molecule has 0 saturated heterocycles. The van der Waals surface area contributed by atoms with Crippen LogP contribution in [0.2, 0.25) is 0 Å². The lowest BCUT2D eigenvalue weighted by Crippen LogP contribution is -2.22. The van der Waals surface area contributed by atoms with E-state index in [1.807, 2.05) is 24.3 Å². The fourth-order valence-electron chi connectivity index (χ4n) is 1.36. The average molecular weight is 210 g/mol. The summed E-state index contributed by atoms with van der Waals surface area (Å²) >= 11 is 0. The molecular formula is C12H18O3. The van der Waals surface area contributed by atoms with Gasteiger partial charge in [-0.3, -0.25) is 0 Å². The van der Waals surface area contributed by atoms with Gasteiger partial charge in [-0.2, -0.15) is 0 Å². The van der Waals surface area contributed by atoms with E-state index in [9.17, 15) is 5.11 Å². The highest BCUT2D eigenvalue weighted by atomic mass is 16.5. The molecule has 0 aromatic heterocycles. The van der Waals surface area contributed by atoms with E-state index >= 15 is 0 Å². The van der Waals surface area contributed by atoms with Crippen molar-refractivity contribution in [2.24, 2.45) is 0 Å². The third-order valence-electron chi connectivity index (χ3n) is 2.14. The van der Waals surface area contributed by atoms with Crippen molar-refractivity contribution in [2.75, 3.05) is 20.3 Å². The molecule has 0 radical (unpaired) electrons. The van der Waals surface area contributed by atoms with Crippen molar-refractivity contribution in [3.63, 3.8) is 0 Å². The van der Waals surface area contributed by atoms with Gasteiger partial charge in [0.1, 0.15) is 18.5 Å². The molecule has 0 amide bonds. The predicted octanol–water partition coefficient (Wildman–Crippen LogP) is 1.64. The molecule has 0 bridgehead atoms. The first-order chi connectivity index (χ1) is 7.27. The summed E-state index contributed by atoms with van der Waals surface area (Å²) in [5, 5.41) is 9.42. The highest BCUT2D eigenvalue weighted by molar-refractivity contribution is 5.33. The number of hydrogen-bond donors (Lipinski definition) is 1.